The van der Waals surface area contributed by atoms with E-state index in [1.54, 1.807) is 55.5 Å². The normalized spacial score (nSPS) is 12.3. The summed E-state index contributed by atoms with van der Waals surface area (Å²) in [7, 11) is 0. The molecule has 2 rings (SSSR count). The van der Waals surface area contributed by atoms with Gasteiger partial charge in [-0.05, 0) is 19.1 Å². The number of aliphatic hydroxyl groups excluding tert-OH is 1. The summed E-state index contributed by atoms with van der Waals surface area (Å²) in [6.07, 6.45) is 0.201. The number of aliphatic hydroxyl groups is 1. The largest absolute Gasteiger partial charge is 0.515 e. The molecule has 0 aliphatic carbocycles. The van der Waals surface area contributed by atoms with Crippen LogP contribution in [-0.4, -0.2) is 23.1 Å². The lowest BCUT2D eigenvalue weighted by atomic mass is 10.0. The lowest BCUT2D eigenvalue weighted by molar-refractivity contribution is -0.159. The molecule has 0 aliphatic rings. The average molecular weight is 340 g/mol. The SMILES string of the molecule is CCC(OC(=O)C(C)=CO)Oc1ccccc1C(=O)c1ccccc1. The smallest absolute Gasteiger partial charge is 0.339 e. The molecule has 0 radical (unpaired) electrons. The van der Waals surface area contributed by atoms with E-state index in [2.05, 4.69) is 0 Å². The molecule has 1 atom stereocenters. The zero-order chi connectivity index (χ0) is 18.2. The van der Waals surface area contributed by atoms with Crippen LogP contribution in [0, 0.1) is 0 Å². The zero-order valence-electron chi connectivity index (χ0n) is 14.1. The maximum absolute atomic E-state index is 12.7. The molecule has 1 N–H and O–H groups in total. The first-order valence-corrected chi connectivity index (χ1v) is 7.94. The highest BCUT2D eigenvalue weighted by Gasteiger charge is 2.20. The highest BCUT2D eigenvalue weighted by molar-refractivity contribution is 6.10. The van der Waals surface area contributed by atoms with Crippen LogP contribution in [0.15, 0.2) is 66.4 Å². The minimum absolute atomic E-state index is 0.0655. The van der Waals surface area contributed by atoms with Crippen molar-refractivity contribution in [3.8, 4) is 5.75 Å². The fourth-order valence-electron chi connectivity index (χ4n) is 2.10. The van der Waals surface area contributed by atoms with Gasteiger partial charge in [-0.2, -0.15) is 0 Å². The molecule has 25 heavy (non-hydrogen) atoms. The van der Waals surface area contributed by atoms with Gasteiger partial charge in [0.25, 0.3) is 0 Å². The molecule has 0 fully saturated rings. The molecular formula is C20H20O5. The molecule has 0 spiro atoms. The first kappa shape index (κ1) is 18.3. The van der Waals surface area contributed by atoms with Gasteiger partial charge in [-0.1, -0.05) is 49.4 Å². The Kier molecular flexibility index (Phi) is 6.34. The first-order chi connectivity index (χ1) is 12.1. The summed E-state index contributed by atoms with van der Waals surface area (Å²) < 4.78 is 10.9. The summed E-state index contributed by atoms with van der Waals surface area (Å²) in [5.41, 5.74) is 0.996. The second-order valence-electron chi connectivity index (χ2n) is 5.36. The van der Waals surface area contributed by atoms with E-state index in [9.17, 15) is 9.59 Å². The van der Waals surface area contributed by atoms with Gasteiger partial charge in [0.15, 0.2) is 5.78 Å². The Bertz CT molecular complexity index is 765. The van der Waals surface area contributed by atoms with Crippen LogP contribution in [0.5, 0.6) is 5.75 Å². The Morgan fingerprint density at radius 2 is 1.72 bits per heavy atom. The van der Waals surface area contributed by atoms with E-state index < -0.39 is 12.3 Å². The zero-order valence-corrected chi connectivity index (χ0v) is 14.1. The van der Waals surface area contributed by atoms with E-state index in [-0.39, 0.29) is 11.4 Å². The molecule has 1 unspecified atom stereocenters. The number of esters is 1. The molecule has 0 amide bonds. The summed E-state index contributed by atoms with van der Waals surface area (Å²) in [5, 5.41) is 8.88. The van der Waals surface area contributed by atoms with E-state index in [4.69, 9.17) is 14.6 Å². The van der Waals surface area contributed by atoms with Crippen molar-refractivity contribution in [3.05, 3.63) is 77.6 Å². The number of carbonyl (C=O) groups is 2. The van der Waals surface area contributed by atoms with Crippen LogP contribution >= 0.6 is 0 Å². The second-order valence-corrected chi connectivity index (χ2v) is 5.36. The summed E-state index contributed by atoms with van der Waals surface area (Å²) in [6.45, 7) is 3.22. The third kappa shape index (κ3) is 4.70. The molecule has 0 bridgehead atoms. The fraction of sp³-hybridized carbons (Fsp3) is 0.200. The summed E-state index contributed by atoms with van der Waals surface area (Å²) >= 11 is 0. The van der Waals surface area contributed by atoms with Crippen molar-refractivity contribution in [2.75, 3.05) is 0 Å². The highest BCUT2D eigenvalue weighted by Crippen LogP contribution is 2.24. The van der Waals surface area contributed by atoms with Crippen LogP contribution in [-0.2, 0) is 9.53 Å². The number of ketones is 1. The number of hydrogen-bond donors (Lipinski definition) is 1. The monoisotopic (exact) mass is 340 g/mol. The van der Waals surface area contributed by atoms with Crippen molar-refractivity contribution >= 4 is 11.8 Å². The molecular weight excluding hydrogens is 320 g/mol. The average Bonchev–Trinajstić information content (AvgIpc) is 2.67. The van der Waals surface area contributed by atoms with Crippen LogP contribution in [0.25, 0.3) is 0 Å². The van der Waals surface area contributed by atoms with Gasteiger partial charge in [0.1, 0.15) is 5.75 Å². The quantitative estimate of drug-likeness (QED) is 0.271. The number of para-hydroxylation sites is 1. The number of hydrogen-bond acceptors (Lipinski definition) is 5. The molecule has 2 aromatic carbocycles. The molecule has 5 nitrogen and oxygen atoms in total. The van der Waals surface area contributed by atoms with Gasteiger partial charge < -0.3 is 14.6 Å². The molecule has 0 aliphatic heterocycles. The minimum Gasteiger partial charge on any atom is -0.515 e. The Hall–Kier alpha value is -3.08. The predicted molar refractivity (Wildman–Crippen MR) is 93.5 cm³/mol. The van der Waals surface area contributed by atoms with Crippen molar-refractivity contribution in [2.24, 2.45) is 0 Å². The number of carbonyl (C=O) groups excluding carboxylic acids is 2. The van der Waals surface area contributed by atoms with E-state index in [1.165, 1.54) is 6.92 Å². The Labute approximate surface area is 146 Å². The van der Waals surface area contributed by atoms with Gasteiger partial charge in [0.05, 0.1) is 17.4 Å². The van der Waals surface area contributed by atoms with E-state index in [0.717, 1.165) is 0 Å². The van der Waals surface area contributed by atoms with Crippen LogP contribution in [0.2, 0.25) is 0 Å². The van der Waals surface area contributed by atoms with Crippen molar-refractivity contribution in [2.45, 2.75) is 26.6 Å². The van der Waals surface area contributed by atoms with Crippen LogP contribution < -0.4 is 4.74 Å². The van der Waals surface area contributed by atoms with Gasteiger partial charge in [-0.15, -0.1) is 0 Å². The van der Waals surface area contributed by atoms with Gasteiger partial charge in [-0.3, -0.25) is 4.79 Å². The van der Waals surface area contributed by atoms with Crippen LogP contribution in [0.3, 0.4) is 0 Å². The van der Waals surface area contributed by atoms with Crippen LogP contribution in [0.4, 0.5) is 0 Å². The third-order valence-electron chi connectivity index (χ3n) is 3.51. The predicted octanol–water partition coefficient (Wildman–Crippen LogP) is 4.04. The van der Waals surface area contributed by atoms with E-state index in [0.29, 0.717) is 29.6 Å². The molecule has 0 saturated heterocycles. The third-order valence-corrected chi connectivity index (χ3v) is 3.51. The Balaban J connectivity index is 2.22. The van der Waals surface area contributed by atoms with Gasteiger partial charge in [0.2, 0.25) is 6.29 Å². The molecule has 130 valence electrons. The van der Waals surface area contributed by atoms with Gasteiger partial charge >= 0.3 is 5.97 Å². The van der Waals surface area contributed by atoms with Gasteiger partial charge in [-0.25, -0.2) is 4.79 Å². The van der Waals surface area contributed by atoms with Crippen LogP contribution in [0.1, 0.15) is 36.2 Å². The number of ether oxygens (including phenoxy) is 2. The second kappa shape index (κ2) is 8.68. The molecule has 0 saturated carbocycles. The minimum atomic E-state index is -0.868. The molecule has 0 heterocycles. The molecule has 0 aromatic heterocycles. The lowest BCUT2D eigenvalue weighted by Crippen LogP contribution is -2.25. The Morgan fingerprint density at radius 3 is 2.36 bits per heavy atom. The van der Waals surface area contributed by atoms with E-state index in [1.807, 2.05) is 6.07 Å². The van der Waals surface area contributed by atoms with Gasteiger partial charge in [0, 0.05) is 12.0 Å². The van der Waals surface area contributed by atoms with Crippen molar-refractivity contribution in [1.29, 1.82) is 0 Å². The Morgan fingerprint density at radius 1 is 1.08 bits per heavy atom. The highest BCUT2D eigenvalue weighted by atomic mass is 16.7. The molecule has 2 aromatic rings. The fourth-order valence-corrected chi connectivity index (χ4v) is 2.10. The topological polar surface area (TPSA) is 72.8 Å². The number of benzene rings is 2. The summed E-state index contributed by atoms with van der Waals surface area (Å²) in [6, 6.07) is 15.7. The standard InChI is InChI=1S/C20H20O5/c1-3-18(25-20(23)14(2)13-21)24-17-12-8-7-11-16(17)19(22)15-9-5-4-6-10-15/h4-13,18,21H,3H2,1-2H3. The number of rotatable bonds is 7. The van der Waals surface area contributed by atoms with Crippen molar-refractivity contribution in [1.82, 2.24) is 0 Å². The van der Waals surface area contributed by atoms with Crippen molar-refractivity contribution in [3.63, 3.8) is 0 Å². The first-order valence-electron chi connectivity index (χ1n) is 7.94. The van der Waals surface area contributed by atoms with Crippen molar-refractivity contribution < 1.29 is 24.2 Å². The maximum atomic E-state index is 12.7. The summed E-state index contributed by atoms with van der Waals surface area (Å²) in [4.78, 5) is 24.5. The molecule has 5 heteroatoms. The maximum Gasteiger partial charge on any atom is 0.339 e. The van der Waals surface area contributed by atoms with E-state index >= 15 is 0 Å². The lowest BCUT2D eigenvalue weighted by Gasteiger charge is -2.19. The summed E-state index contributed by atoms with van der Waals surface area (Å²) in [5.74, 6) is -0.522.